The Morgan fingerprint density at radius 2 is 1.70 bits per heavy atom. The van der Waals surface area contributed by atoms with Gasteiger partial charge in [-0.3, -0.25) is 4.90 Å². The number of hydrogen-bond donors (Lipinski definition) is 1. The third kappa shape index (κ3) is 5.09. The summed E-state index contributed by atoms with van der Waals surface area (Å²) >= 11 is 0. The summed E-state index contributed by atoms with van der Waals surface area (Å²) in [6, 6.07) is 16.6. The van der Waals surface area contributed by atoms with E-state index in [0.29, 0.717) is 12.3 Å². The van der Waals surface area contributed by atoms with Crippen LogP contribution in [0.1, 0.15) is 31.4 Å². The normalized spacial score (nSPS) is 17.6. The molecule has 1 saturated heterocycles. The number of methoxy groups -OCH3 is 1. The molecule has 0 radical (unpaired) electrons. The van der Waals surface area contributed by atoms with Gasteiger partial charge in [-0.15, -0.1) is 0 Å². The summed E-state index contributed by atoms with van der Waals surface area (Å²) in [7, 11) is -2.01. The summed E-state index contributed by atoms with van der Waals surface area (Å²) in [5.41, 5.74) is 1.14. The Kier molecular flexibility index (Phi) is 6.52. The Labute approximate surface area is 162 Å². The summed E-state index contributed by atoms with van der Waals surface area (Å²) in [4.78, 5) is 2.65. The predicted octanol–water partition coefficient (Wildman–Crippen LogP) is 3.45. The third-order valence-electron chi connectivity index (χ3n) is 5.28. The molecule has 1 aliphatic heterocycles. The molecule has 1 fully saturated rings. The standard InChI is InChI=1S/C21H28N2O3S/c1-17-12-14-23(15-13-17)21(18-6-4-3-5-7-18)16-22-27(24,25)20-10-8-19(26-2)9-11-20/h3-11,17,21-22H,12-16H2,1-2H3/t21-/m0/s1. The monoisotopic (exact) mass is 388 g/mol. The predicted molar refractivity (Wildman–Crippen MR) is 107 cm³/mol. The Morgan fingerprint density at radius 3 is 2.30 bits per heavy atom. The zero-order valence-corrected chi connectivity index (χ0v) is 16.8. The fourth-order valence-electron chi connectivity index (χ4n) is 3.50. The van der Waals surface area contributed by atoms with Crippen LogP contribution >= 0.6 is 0 Å². The molecule has 6 heteroatoms. The molecule has 2 aromatic carbocycles. The average Bonchev–Trinajstić information content (AvgIpc) is 2.70. The van der Waals surface area contributed by atoms with E-state index in [9.17, 15) is 8.42 Å². The molecule has 0 amide bonds. The fourth-order valence-corrected chi connectivity index (χ4v) is 4.54. The third-order valence-corrected chi connectivity index (χ3v) is 6.72. The SMILES string of the molecule is COc1ccc(S(=O)(=O)NC[C@@H](c2ccccc2)N2CCC(C)CC2)cc1. The molecule has 5 nitrogen and oxygen atoms in total. The zero-order chi connectivity index (χ0) is 19.3. The van der Waals surface area contributed by atoms with Crippen LogP contribution in [0.5, 0.6) is 5.75 Å². The highest BCUT2D eigenvalue weighted by molar-refractivity contribution is 7.89. The van der Waals surface area contributed by atoms with Crippen LogP contribution < -0.4 is 9.46 Å². The van der Waals surface area contributed by atoms with Gasteiger partial charge >= 0.3 is 0 Å². The lowest BCUT2D eigenvalue weighted by atomic mass is 9.96. The highest BCUT2D eigenvalue weighted by Crippen LogP contribution is 2.27. The van der Waals surface area contributed by atoms with Gasteiger partial charge in [-0.05, 0) is 61.7 Å². The van der Waals surface area contributed by atoms with E-state index in [1.165, 1.54) is 0 Å². The molecule has 0 saturated carbocycles. The molecule has 0 aromatic heterocycles. The molecule has 0 bridgehead atoms. The van der Waals surface area contributed by atoms with Crippen molar-refractivity contribution in [1.29, 1.82) is 0 Å². The van der Waals surface area contributed by atoms with Crippen LogP contribution in [0, 0.1) is 5.92 Å². The minimum Gasteiger partial charge on any atom is -0.497 e. The van der Waals surface area contributed by atoms with Crippen LogP contribution in [0.25, 0.3) is 0 Å². The van der Waals surface area contributed by atoms with Crippen LogP contribution in [0.3, 0.4) is 0 Å². The van der Waals surface area contributed by atoms with E-state index in [4.69, 9.17) is 4.74 Å². The molecule has 1 atom stereocenters. The molecule has 146 valence electrons. The topological polar surface area (TPSA) is 58.6 Å². The summed E-state index contributed by atoms with van der Waals surface area (Å²) in [6.07, 6.45) is 2.29. The summed E-state index contributed by atoms with van der Waals surface area (Å²) in [5.74, 6) is 1.37. The van der Waals surface area contributed by atoms with Gasteiger partial charge in [-0.1, -0.05) is 37.3 Å². The van der Waals surface area contributed by atoms with E-state index < -0.39 is 10.0 Å². The first-order valence-electron chi connectivity index (χ1n) is 9.42. The molecule has 1 heterocycles. The quantitative estimate of drug-likeness (QED) is 0.789. The molecule has 3 rings (SSSR count). The van der Waals surface area contributed by atoms with Crippen molar-refractivity contribution < 1.29 is 13.2 Å². The number of sulfonamides is 1. The molecule has 0 spiro atoms. The number of ether oxygens (including phenoxy) is 1. The first-order chi connectivity index (χ1) is 13.0. The maximum Gasteiger partial charge on any atom is 0.240 e. The molecule has 27 heavy (non-hydrogen) atoms. The van der Waals surface area contributed by atoms with E-state index >= 15 is 0 Å². The van der Waals surface area contributed by atoms with Crippen LogP contribution in [0.4, 0.5) is 0 Å². The van der Waals surface area contributed by atoms with Crippen molar-refractivity contribution in [2.45, 2.75) is 30.7 Å². The van der Waals surface area contributed by atoms with E-state index in [2.05, 4.69) is 28.7 Å². The molecule has 1 N–H and O–H groups in total. The Morgan fingerprint density at radius 1 is 1.07 bits per heavy atom. The highest BCUT2D eigenvalue weighted by atomic mass is 32.2. The zero-order valence-electron chi connectivity index (χ0n) is 16.0. The van der Waals surface area contributed by atoms with E-state index in [1.54, 1.807) is 31.4 Å². The second-order valence-electron chi connectivity index (χ2n) is 7.17. The second-order valence-corrected chi connectivity index (χ2v) is 8.94. The van der Waals surface area contributed by atoms with E-state index in [0.717, 1.165) is 37.4 Å². The number of nitrogens with zero attached hydrogens (tertiary/aromatic N) is 1. The number of piperidine rings is 1. The number of likely N-dealkylation sites (tertiary alicyclic amines) is 1. The van der Waals surface area contributed by atoms with E-state index in [-0.39, 0.29) is 10.9 Å². The minimum absolute atomic E-state index is 0.0340. The van der Waals surface area contributed by atoms with Gasteiger partial charge in [0.1, 0.15) is 5.75 Å². The number of benzene rings is 2. The van der Waals surface area contributed by atoms with Gasteiger partial charge in [0.25, 0.3) is 0 Å². The van der Waals surface area contributed by atoms with Gasteiger partial charge < -0.3 is 4.74 Å². The first-order valence-corrected chi connectivity index (χ1v) is 10.9. The van der Waals surface area contributed by atoms with Crippen LogP contribution in [0.15, 0.2) is 59.5 Å². The average molecular weight is 389 g/mol. The fraction of sp³-hybridized carbons (Fsp3) is 0.429. The lowest BCUT2D eigenvalue weighted by Crippen LogP contribution is -2.41. The molecular formula is C21H28N2O3S. The Bertz CT molecular complexity index is 814. The maximum absolute atomic E-state index is 12.7. The van der Waals surface area contributed by atoms with Gasteiger partial charge in [0.05, 0.1) is 12.0 Å². The van der Waals surface area contributed by atoms with Gasteiger partial charge in [0.15, 0.2) is 0 Å². The molecule has 1 aliphatic rings. The Balaban J connectivity index is 1.75. The van der Waals surface area contributed by atoms with Crippen LogP contribution in [-0.2, 0) is 10.0 Å². The van der Waals surface area contributed by atoms with Gasteiger partial charge in [0, 0.05) is 12.6 Å². The van der Waals surface area contributed by atoms with E-state index in [1.807, 2.05) is 18.2 Å². The molecule has 0 unspecified atom stereocenters. The molecular weight excluding hydrogens is 360 g/mol. The maximum atomic E-state index is 12.7. The second kappa shape index (κ2) is 8.87. The molecule has 0 aliphatic carbocycles. The lowest BCUT2D eigenvalue weighted by Gasteiger charge is -2.37. The van der Waals surface area contributed by atoms with Crippen molar-refractivity contribution in [3.63, 3.8) is 0 Å². The van der Waals surface area contributed by atoms with Crippen molar-refractivity contribution >= 4 is 10.0 Å². The summed E-state index contributed by atoms with van der Waals surface area (Å²) in [6.45, 7) is 4.62. The highest BCUT2D eigenvalue weighted by Gasteiger charge is 2.26. The van der Waals surface area contributed by atoms with Gasteiger partial charge in [-0.25, -0.2) is 13.1 Å². The number of rotatable bonds is 7. The van der Waals surface area contributed by atoms with Crippen molar-refractivity contribution in [2.75, 3.05) is 26.7 Å². The van der Waals surface area contributed by atoms with Gasteiger partial charge in [-0.2, -0.15) is 0 Å². The van der Waals surface area contributed by atoms with Gasteiger partial charge in [0.2, 0.25) is 10.0 Å². The first kappa shape index (κ1) is 19.9. The smallest absolute Gasteiger partial charge is 0.240 e. The number of nitrogens with one attached hydrogen (secondary N) is 1. The summed E-state index contributed by atoms with van der Waals surface area (Å²) < 4.78 is 33.4. The number of hydrogen-bond acceptors (Lipinski definition) is 4. The van der Waals surface area contributed by atoms with Crippen molar-refractivity contribution in [3.8, 4) is 5.75 Å². The van der Waals surface area contributed by atoms with Crippen molar-refractivity contribution in [2.24, 2.45) is 5.92 Å². The largest absolute Gasteiger partial charge is 0.497 e. The Hall–Kier alpha value is -1.89. The minimum atomic E-state index is -3.57. The van der Waals surface area contributed by atoms with Crippen LogP contribution in [-0.4, -0.2) is 40.1 Å². The van der Waals surface area contributed by atoms with Crippen LogP contribution in [0.2, 0.25) is 0 Å². The van der Waals surface area contributed by atoms with Crippen molar-refractivity contribution in [1.82, 2.24) is 9.62 Å². The summed E-state index contributed by atoms with van der Waals surface area (Å²) in [5, 5.41) is 0. The lowest BCUT2D eigenvalue weighted by molar-refractivity contribution is 0.139. The molecule has 2 aromatic rings. The van der Waals surface area contributed by atoms with Crippen molar-refractivity contribution in [3.05, 3.63) is 60.2 Å².